The van der Waals surface area contributed by atoms with Gasteiger partial charge in [-0.1, -0.05) is 24.3 Å². The number of urea groups is 1. The molecular weight excluding hydrogens is 400 g/mol. The molecule has 2 aromatic carbocycles. The molecule has 0 fully saturated rings. The van der Waals surface area contributed by atoms with Gasteiger partial charge in [0.15, 0.2) is 18.2 Å². The standard InChI is InChI=1S/C22H20N4O5/c27-20(28)14-31-18-8-4-7-16(11-18)24-17-12-19-21(23-13-17)26(9-10-30-19)22(29)25-15-5-2-1-3-6-15/h1-8,11-13,24H,9-10,14H2,(H,25,29)(H,27,28). The van der Waals surface area contributed by atoms with Gasteiger partial charge < -0.3 is 25.2 Å². The number of carboxylic acid groups (broad SMARTS) is 1. The van der Waals surface area contributed by atoms with Crippen molar-refractivity contribution in [2.24, 2.45) is 0 Å². The second-order valence-electron chi connectivity index (χ2n) is 6.68. The minimum atomic E-state index is -1.05. The number of nitrogens with zero attached hydrogens (tertiary/aromatic N) is 2. The number of rotatable bonds is 6. The lowest BCUT2D eigenvalue weighted by molar-refractivity contribution is -0.139. The second kappa shape index (κ2) is 9.04. The highest BCUT2D eigenvalue weighted by atomic mass is 16.5. The molecule has 0 atom stereocenters. The van der Waals surface area contributed by atoms with E-state index >= 15 is 0 Å². The van der Waals surface area contributed by atoms with E-state index in [0.717, 1.165) is 0 Å². The van der Waals surface area contributed by atoms with E-state index in [4.69, 9.17) is 14.6 Å². The van der Waals surface area contributed by atoms with Crippen molar-refractivity contribution < 1.29 is 24.2 Å². The molecule has 3 aromatic rings. The number of carbonyl (C=O) groups is 2. The average molecular weight is 420 g/mol. The van der Waals surface area contributed by atoms with Crippen molar-refractivity contribution >= 4 is 34.9 Å². The van der Waals surface area contributed by atoms with Crippen molar-refractivity contribution in [3.05, 3.63) is 66.9 Å². The fourth-order valence-corrected chi connectivity index (χ4v) is 3.05. The fourth-order valence-electron chi connectivity index (χ4n) is 3.05. The zero-order valence-corrected chi connectivity index (χ0v) is 16.4. The van der Waals surface area contributed by atoms with Gasteiger partial charge in [0.25, 0.3) is 0 Å². The predicted octanol–water partition coefficient (Wildman–Crippen LogP) is 3.72. The first kappa shape index (κ1) is 20.0. The van der Waals surface area contributed by atoms with Crippen LogP contribution >= 0.6 is 0 Å². The Morgan fingerprint density at radius 1 is 1.06 bits per heavy atom. The summed E-state index contributed by atoms with van der Waals surface area (Å²) in [5.74, 6) is 0.301. The maximum Gasteiger partial charge on any atom is 0.341 e. The molecule has 1 aliphatic rings. The van der Waals surface area contributed by atoms with Crippen LogP contribution in [-0.2, 0) is 4.79 Å². The van der Waals surface area contributed by atoms with Gasteiger partial charge in [0.2, 0.25) is 0 Å². The Bertz CT molecular complexity index is 1090. The summed E-state index contributed by atoms with van der Waals surface area (Å²) >= 11 is 0. The van der Waals surface area contributed by atoms with Crippen LogP contribution in [0.2, 0.25) is 0 Å². The van der Waals surface area contributed by atoms with Gasteiger partial charge in [-0.05, 0) is 24.3 Å². The van der Waals surface area contributed by atoms with E-state index in [-0.39, 0.29) is 6.03 Å². The number of benzene rings is 2. The number of hydrogen-bond acceptors (Lipinski definition) is 6. The molecule has 2 heterocycles. The molecule has 158 valence electrons. The predicted molar refractivity (Wildman–Crippen MR) is 115 cm³/mol. The third kappa shape index (κ3) is 5.02. The van der Waals surface area contributed by atoms with Gasteiger partial charge in [-0.3, -0.25) is 4.90 Å². The summed E-state index contributed by atoms with van der Waals surface area (Å²) in [4.78, 5) is 29.3. The number of aliphatic carboxylic acids is 1. The summed E-state index contributed by atoms with van der Waals surface area (Å²) in [6.07, 6.45) is 1.60. The minimum Gasteiger partial charge on any atom is -0.488 e. The third-order valence-electron chi connectivity index (χ3n) is 4.42. The molecule has 0 aliphatic carbocycles. The van der Waals surface area contributed by atoms with E-state index < -0.39 is 12.6 Å². The van der Waals surface area contributed by atoms with Crippen LogP contribution in [-0.4, -0.2) is 41.8 Å². The molecule has 1 aromatic heterocycles. The molecule has 0 saturated carbocycles. The average Bonchev–Trinajstić information content (AvgIpc) is 2.78. The molecule has 2 amide bonds. The number of anilines is 4. The summed E-state index contributed by atoms with van der Waals surface area (Å²) in [6.45, 7) is 0.311. The number of fused-ring (bicyclic) bond motifs is 1. The van der Waals surface area contributed by atoms with Crippen molar-refractivity contribution in [2.45, 2.75) is 0 Å². The van der Waals surface area contributed by atoms with Gasteiger partial charge in [0, 0.05) is 23.5 Å². The van der Waals surface area contributed by atoms with Crippen LogP contribution in [0.3, 0.4) is 0 Å². The van der Waals surface area contributed by atoms with Crippen molar-refractivity contribution in [1.29, 1.82) is 0 Å². The third-order valence-corrected chi connectivity index (χ3v) is 4.42. The molecule has 1 aliphatic heterocycles. The first-order valence-electron chi connectivity index (χ1n) is 9.56. The Balaban J connectivity index is 1.48. The highest BCUT2D eigenvalue weighted by Crippen LogP contribution is 2.33. The summed E-state index contributed by atoms with van der Waals surface area (Å²) in [5, 5.41) is 14.8. The molecule has 0 saturated heterocycles. The zero-order chi connectivity index (χ0) is 21.6. The molecule has 0 unspecified atom stereocenters. The summed E-state index contributed by atoms with van der Waals surface area (Å²) < 4.78 is 10.9. The Labute approximate surface area is 178 Å². The lowest BCUT2D eigenvalue weighted by Gasteiger charge is -2.28. The molecule has 0 bridgehead atoms. The number of ether oxygens (including phenoxy) is 2. The topological polar surface area (TPSA) is 113 Å². The second-order valence-corrected chi connectivity index (χ2v) is 6.68. The quantitative estimate of drug-likeness (QED) is 0.557. The maximum absolute atomic E-state index is 12.7. The zero-order valence-electron chi connectivity index (χ0n) is 16.4. The van der Waals surface area contributed by atoms with Crippen LogP contribution in [0, 0.1) is 0 Å². The van der Waals surface area contributed by atoms with Gasteiger partial charge in [-0.2, -0.15) is 0 Å². The lowest BCUT2D eigenvalue weighted by atomic mass is 10.2. The molecule has 4 rings (SSSR count). The minimum absolute atomic E-state index is 0.285. The number of hydrogen-bond donors (Lipinski definition) is 3. The van der Waals surface area contributed by atoms with E-state index in [1.807, 2.05) is 36.4 Å². The normalized spacial score (nSPS) is 12.3. The summed E-state index contributed by atoms with van der Waals surface area (Å²) in [5.41, 5.74) is 2.04. The van der Waals surface area contributed by atoms with Gasteiger partial charge in [0.1, 0.15) is 12.4 Å². The lowest BCUT2D eigenvalue weighted by Crippen LogP contribution is -2.41. The first-order valence-corrected chi connectivity index (χ1v) is 9.56. The van der Waals surface area contributed by atoms with Gasteiger partial charge in [-0.25, -0.2) is 14.6 Å². The molecular formula is C22H20N4O5. The van der Waals surface area contributed by atoms with Crippen molar-refractivity contribution in [1.82, 2.24) is 4.98 Å². The van der Waals surface area contributed by atoms with E-state index in [9.17, 15) is 9.59 Å². The highest BCUT2D eigenvalue weighted by Gasteiger charge is 2.25. The van der Waals surface area contributed by atoms with Gasteiger partial charge >= 0.3 is 12.0 Å². The van der Waals surface area contributed by atoms with Gasteiger partial charge in [-0.15, -0.1) is 0 Å². The SMILES string of the molecule is O=C(O)COc1cccc(Nc2cnc3c(c2)OCCN3C(=O)Nc2ccccc2)c1. The number of nitrogens with one attached hydrogen (secondary N) is 2. The number of carboxylic acids is 1. The Hall–Kier alpha value is -4.27. The van der Waals surface area contributed by atoms with Crippen LogP contribution < -0.4 is 25.0 Å². The Kier molecular flexibility index (Phi) is 5.84. The Morgan fingerprint density at radius 2 is 1.87 bits per heavy atom. The monoisotopic (exact) mass is 420 g/mol. The molecule has 9 nitrogen and oxygen atoms in total. The Morgan fingerprint density at radius 3 is 2.68 bits per heavy atom. The van der Waals surface area contributed by atoms with Crippen LogP contribution in [0.25, 0.3) is 0 Å². The number of pyridine rings is 1. The highest BCUT2D eigenvalue weighted by molar-refractivity contribution is 6.02. The van der Waals surface area contributed by atoms with Crippen molar-refractivity contribution in [2.75, 3.05) is 35.3 Å². The van der Waals surface area contributed by atoms with E-state index in [1.165, 1.54) is 4.90 Å². The summed E-state index contributed by atoms with van der Waals surface area (Å²) in [6, 6.07) is 17.6. The molecule has 0 radical (unpaired) electrons. The van der Waals surface area contributed by atoms with Crippen LogP contribution in [0.15, 0.2) is 66.9 Å². The smallest absolute Gasteiger partial charge is 0.341 e. The van der Waals surface area contributed by atoms with Gasteiger partial charge in [0.05, 0.1) is 18.4 Å². The van der Waals surface area contributed by atoms with Crippen molar-refractivity contribution in [3.8, 4) is 11.5 Å². The first-order chi connectivity index (χ1) is 15.1. The van der Waals surface area contributed by atoms with E-state index in [0.29, 0.717) is 47.5 Å². The van der Waals surface area contributed by atoms with E-state index in [2.05, 4.69) is 15.6 Å². The van der Waals surface area contributed by atoms with Crippen LogP contribution in [0.1, 0.15) is 0 Å². The van der Waals surface area contributed by atoms with Crippen molar-refractivity contribution in [3.63, 3.8) is 0 Å². The number of para-hydroxylation sites is 1. The maximum atomic E-state index is 12.7. The number of carbonyl (C=O) groups excluding carboxylic acids is 1. The van der Waals surface area contributed by atoms with Crippen LogP contribution in [0.4, 0.5) is 27.7 Å². The van der Waals surface area contributed by atoms with Crippen LogP contribution in [0.5, 0.6) is 11.5 Å². The number of amides is 2. The molecule has 3 N–H and O–H groups in total. The fraction of sp³-hybridized carbons (Fsp3) is 0.136. The summed E-state index contributed by atoms with van der Waals surface area (Å²) in [7, 11) is 0. The molecule has 0 spiro atoms. The number of aromatic nitrogens is 1. The van der Waals surface area contributed by atoms with E-state index in [1.54, 1.807) is 30.5 Å². The largest absolute Gasteiger partial charge is 0.488 e. The molecule has 31 heavy (non-hydrogen) atoms. The molecule has 9 heteroatoms.